The highest BCUT2D eigenvalue weighted by atomic mass is 16.5. The van der Waals surface area contributed by atoms with Crippen LogP contribution in [0.3, 0.4) is 0 Å². The second-order valence-corrected chi connectivity index (χ2v) is 7.18. The van der Waals surface area contributed by atoms with E-state index in [0.29, 0.717) is 29.6 Å². The summed E-state index contributed by atoms with van der Waals surface area (Å²) in [6.45, 7) is 4.36. The zero-order valence-electron chi connectivity index (χ0n) is 17.0. The Kier molecular flexibility index (Phi) is 5.07. The molecule has 4 rings (SSSR count). The summed E-state index contributed by atoms with van der Waals surface area (Å²) in [7, 11) is 1.59. The third kappa shape index (κ3) is 3.44. The normalized spacial score (nSPS) is 15.2. The molecule has 0 spiro atoms. The van der Waals surface area contributed by atoms with Crippen LogP contribution < -0.4 is 19.9 Å². The van der Waals surface area contributed by atoms with Crippen LogP contribution in [-0.4, -0.2) is 17.3 Å². The number of aromatic nitrogens is 2. The Bertz CT molecular complexity index is 1160. The Balaban J connectivity index is 1.68. The number of aromatic amines is 1. The number of aryl methyl sites for hydroxylation is 2. The molecule has 0 unspecified atom stereocenters. The summed E-state index contributed by atoms with van der Waals surface area (Å²) in [4.78, 5) is 0. The zero-order chi connectivity index (χ0) is 21.3. The third-order valence-corrected chi connectivity index (χ3v) is 5.17. The quantitative estimate of drug-likeness (QED) is 0.672. The fraction of sp³-hybridized carbons (Fsp3) is 0.217. The number of H-pyrrole nitrogens is 1. The van der Waals surface area contributed by atoms with E-state index in [2.05, 4.69) is 28.4 Å². The number of nitrogens with one attached hydrogen (secondary N) is 1. The molecule has 0 amide bonds. The minimum Gasteiger partial charge on any atom is -0.493 e. The summed E-state index contributed by atoms with van der Waals surface area (Å²) < 4.78 is 17.1. The van der Waals surface area contributed by atoms with Crippen molar-refractivity contribution in [2.75, 3.05) is 7.11 Å². The van der Waals surface area contributed by atoms with Crippen LogP contribution in [0.4, 0.5) is 0 Å². The van der Waals surface area contributed by atoms with E-state index < -0.39 is 5.92 Å². The number of allylic oxidation sites excluding steroid dienone is 1. The first kappa shape index (κ1) is 19.4. The van der Waals surface area contributed by atoms with Crippen molar-refractivity contribution in [2.45, 2.75) is 26.4 Å². The van der Waals surface area contributed by atoms with Crippen molar-refractivity contribution < 1.29 is 14.2 Å². The van der Waals surface area contributed by atoms with Crippen molar-refractivity contribution in [1.82, 2.24) is 10.2 Å². The van der Waals surface area contributed by atoms with Crippen molar-refractivity contribution in [3.05, 3.63) is 81.9 Å². The zero-order valence-corrected chi connectivity index (χ0v) is 17.0. The average molecular weight is 402 g/mol. The molecule has 1 aliphatic heterocycles. The van der Waals surface area contributed by atoms with Crippen LogP contribution in [0.5, 0.6) is 17.4 Å². The minimum absolute atomic E-state index is 0.0557. The first-order valence-electron chi connectivity index (χ1n) is 9.50. The lowest BCUT2D eigenvalue weighted by molar-refractivity contribution is 0.284. The van der Waals surface area contributed by atoms with E-state index in [0.717, 1.165) is 22.4 Å². The Morgan fingerprint density at radius 2 is 1.93 bits per heavy atom. The van der Waals surface area contributed by atoms with Crippen molar-refractivity contribution >= 4 is 0 Å². The highest BCUT2D eigenvalue weighted by Crippen LogP contribution is 2.44. The monoisotopic (exact) mass is 402 g/mol. The molecule has 2 aromatic carbocycles. The van der Waals surface area contributed by atoms with E-state index >= 15 is 0 Å². The predicted octanol–water partition coefficient (Wildman–Crippen LogP) is 3.83. The maximum atomic E-state index is 9.70. The first-order valence-corrected chi connectivity index (χ1v) is 9.50. The van der Waals surface area contributed by atoms with Crippen LogP contribution in [0.1, 0.15) is 33.9 Å². The minimum atomic E-state index is -0.405. The van der Waals surface area contributed by atoms with Crippen LogP contribution in [0.2, 0.25) is 0 Å². The number of nitrogens with zero attached hydrogens (tertiary/aromatic N) is 2. The largest absolute Gasteiger partial charge is 0.493 e. The topological polar surface area (TPSA) is 106 Å². The van der Waals surface area contributed by atoms with E-state index in [4.69, 9.17) is 19.9 Å². The van der Waals surface area contributed by atoms with Gasteiger partial charge in [0.2, 0.25) is 11.8 Å². The Morgan fingerprint density at radius 1 is 1.17 bits per heavy atom. The standard InChI is InChI=1S/C23H22N4O3/c1-13-4-6-15(7-5-13)12-29-18-9-8-16(10-19(18)28-3)21-17(11-24)22(25)30-23-20(21)14(2)26-27-23/h4-10,21H,12,25H2,1-3H3,(H,26,27)/t21-/m0/s1. The van der Waals surface area contributed by atoms with Gasteiger partial charge in [-0.2, -0.15) is 5.26 Å². The van der Waals surface area contributed by atoms with E-state index in [1.165, 1.54) is 5.56 Å². The SMILES string of the molecule is COc1cc([C@H]2C(C#N)=C(N)Oc3n[nH]c(C)c32)ccc1OCc1ccc(C)cc1. The molecule has 1 atom stereocenters. The number of nitriles is 1. The molecule has 0 aliphatic carbocycles. The van der Waals surface area contributed by atoms with E-state index in [-0.39, 0.29) is 5.88 Å². The second-order valence-electron chi connectivity index (χ2n) is 7.18. The van der Waals surface area contributed by atoms with Crippen LogP contribution in [0, 0.1) is 25.2 Å². The summed E-state index contributed by atoms with van der Waals surface area (Å²) >= 11 is 0. The smallest absolute Gasteiger partial charge is 0.244 e. The lowest BCUT2D eigenvalue weighted by atomic mass is 9.84. The number of fused-ring (bicyclic) bond motifs is 1. The highest BCUT2D eigenvalue weighted by Gasteiger charge is 2.34. The number of rotatable bonds is 5. The average Bonchev–Trinajstić information content (AvgIpc) is 3.12. The number of benzene rings is 2. The van der Waals surface area contributed by atoms with Gasteiger partial charge in [0, 0.05) is 11.3 Å². The summed E-state index contributed by atoms with van der Waals surface area (Å²) in [5.41, 5.74) is 11.0. The number of hydrogen-bond acceptors (Lipinski definition) is 6. The van der Waals surface area contributed by atoms with Crippen molar-refractivity contribution in [3.63, 3.8) is 0 Å². The Labute approximate surface area is 174 Å². The van der Waals surface area contributed by atoms with Gasteiger partial charge in [0.25, 0.3) is 0 Å². The van der Waals surface area contributed by atoms with Crippen molar-refractivity contribution in [1.29, 1.82) is 5.26 Å². The third-order valence-electron chi connectivity index (χ3n) is 5.17. The molecule has 2 heterocycles. The molecule has 3 N–H and O–H groups in total. The lowest BCUT2D eigenvalue weighted by Gasteiger charge is -2.24. The molecule has 1 aliphatic rings. The van der Waals surface area contributed by atoms with Gasteiger partial charge in [-0.3, -0.25) is 5.10 Å². The summed E-state index contributed by atoms with van der Waals surface area (Å²) in [5.74, 6) is 1.23. The van der Waals surface area contributed by atoms with Gasteiger partial charge in [-0.1, -0.05) is 35.9 Å². The molecule has 7 heteroatoms. The molecule has 30 heavy (non-hydrogen) atoms. The predicted molar refractivity (Wildman–Crippen MR) is 111 cm³/mol. The van der Waals surface area contributed by atoms with Gasteiger partial charge in [-0.15, -0.1) is 5.10 Å². The molecule has 0 saturated carbocycles. The van der Waals surface area contributed by atoms with E-state index in [9.17, 15) is 5.26 Å². The van der Waals surface area contributed by atoms with Crippen molar-refractivity contribution in [2.24, 2.45) is 5.73 Å². The van der Waals surface area contributed by atoms with E-state index in [1.807, 2.05) is 44.2 Å². The van der Waals surface area contributed by atoms with Crippen molar-refractivity contribution in [3.8, 4) is 23.4 Å². The Hall–Kier alpha value is -3.92. The molecule has 1 aromatic heterocycles. The van der Waals surface area contributed by atoms with Gasteiger partial charge in [0.1, 0.15) is 18.2 Å². The molecule has 152 valence electrons. The maximum Gasteiger partial charge on any atom is 0.244 e. The van der Waals surface area contributed by atoms with Gasteiger partial charge in [0.15, 0.2) is 11.5 Å². The van der Waals surface area contributed by atoms with Gasteiger partial charge in [-0.05, 0) is 37.1 Å². The fourth-order valence-electron chi connectivity index (χ4n) is 3.56. The lowest BCUT2D eigenvalue weighted by Crippen LogP contribution is -2.21. The highest BCUT2D eigenvalue weighted by molar-refractivity contribution is 5.57. The fourth-order valence-corrected chi connectivity index (χ4v) is 3.56. The number of nitrogens with two attached hydrogens (primary N) is 1. The number of hydrogen-bond donors (Lipinski definition) is 2. The van der Waals surface area contributed by atoms with E-state index in [1.54, 1.807) is 7.11 Å². The van der Waals surface area contributed by atoms with Crippen LogP contribution in [0.15, 0.2) is 53.9 Å². The van der Waals surface area contributed by atoms with Gasteiger partial charge in [-0.25, -0.2) is 0 Å². The molecule has 0 saturated heterocycles. The van der Waals surface area contributed by atoms with Gasteiger partial charge < -0.3 is 19.9 Å². The van der Waals surface area contributed by atoms with Crippen LogP contribution >= 0.6 is 0 Å². The first-order chi connectivity index (χ1) is 14.5. The molecule has 0 radical (unpaired) electrons. The Morgan fingerprint density at radius 3 is 2.63 bits per heavy atom. The molecular formula is C23H22N4O3. The maximum absolute atomic E-state index is 9.70. The molecule has 0 bridgehead atoms. The number of ether oxygens (including phenoxy) is 3. The molecule has 0 fully saturated rings. The number of methoxy groups -OCH3 is 1. The van der Waals surface area contributed by atoms with Crippen LogP contribution in [0.25, 0.3) is 0 Å². The molecular weight excluding hydrogens is 380 g/mol. The summed E-state index contributed by atoms with van der Waals surface area (Å²) in [6.07, 6.45) is 0. The molecule has 3 aromatic rings. The van der Waals surface area contributed by atoms with Crippen LogP contribution in [-0.2, 0) is 6.61 Å². The van der Waals surface area contributed by atoms with Gasteiger partial charge >= 0.3 is 0 Å². The molecule has 7 nitrogen and oxygen atoms in total. The van der Waals surface area contributed by atoms with Gasteiger partial charge in [0.05, 0.1) is 13.0 Å². The summed E-state index contributed by atoms with van der Waals surface area (Å²) in [5, 5.41) is 16.8. The second kappa shape index (κ2) is 7.84. The summed E-state index contributed by atoms with van der Waals surface area (Å²) in [6, 6.07) is 16.0.